The predicted molar refractivity (Wildman–Crippen MR) is 124 cm³/mol. The van der Waals surface area contributed by atoms with Crippen molar-refractivity contribution in [3.8, 4) is 22.6 Å². The molecule has 5 rings (SSSR count). The zero-order valence-electron chi connectivity index (χ0n) is 19.1. The molecule has 0 bridgehead atoms. The monoisotopic (exact) mass is 474 g/mol. The molecule has 2 heterocycles. The quantitative estimate of drug-likeness (QED) is 0.423. The third-order valence-corrected chi connectivity index (χ3v) is 7.22. The van der Waals surface area contributed by atoms with Gasteiger partial charge in [0.1, 0.15) is 0 Å². The summed E-state index contributed by atoms with van der Waals surface area (Å²) >= 11 is 0. The minimum atomic E-state index is -4.49. The van der Waals surface area contributed by atoms with Gasteiger partial charge in [0.05, 0.1) is 23.5 Å². The number of aromatic nitrogens is 3. The maximum absolute atomic E-state index is 13.5. The standard InChI is InChI=1S/C27H21F3N4O/c1-15-20-8-7-19-22(17-5-4-6-18(13-17)27(28,29)30)33-25(16-9-11-32-12-10-16)34-24(19)26(20,2)14-21(31-3)23(15)35/h4-6,9-15,20H,7-8H2,1-2H3/t15-,20-,26-/m1/s1. The number of rotatable bonds is 2. The summed E-state index contributed by atoms with van der Waals surface area (Å²) in [5, 5.41) is 0. The third-order valence-electron chi connectivity index (χ3n) is 7.22. The van der Waals surface area contributed by atoms with E-state index in [0.717, 1.165) is 17.7 Å². The Balaban J connectivity index is 1.81. The molecule has 0 fully saturated rings. The molecule has 0 amide bonds. The van der Waals surface area contributed by atoms with Gasteiger partial charge in [-0.2, -0.15) is 13.2 Å². The van der Waals surface area contributed by atoms with Gasteiger partial charge in [-0.15, -0.1) is 0 Å². The van der Waals surface area contributed by atoms with Crippen LogP contribution >= 0.6 is 0 Å². The number of halogens is 3. The molecule has 8 heteroatoms. The van der Waals surface area contributed by atoms with Gasteiger partial charge in [-0.3, -0.25) is 4.98 Å². The average molecular weight is 474 g/mol. The van der Waals surface area contributed by atoms with Crippen LogP contribution < -0.4 is 0 Å². The fourth-order valence-electron chi connectivity index (χ4n) is 5.46. The number of allylic oxidation sites excluding steroid dienone is 2. The van der Waals surface area contributed by atoms with E-state index in [0.29, 0.717) is 41.2 Å². The van der Waals surface area contributed by atoms with Crippen molar-refractivity contribution in [1.82, 2.24) is 15.0 Å². The molecule has 0 saturated carbocycles. The van der Waals surface area contributed by atoms with E-state index < -0.39 is 17.2 Å². The number of hydrogen-bond acceptors (Lipinski definition) is 4. The van der Waals surface area contributed by atoms with Crippen LogP contribution in [0.3, 0.4) is 0 Å². The fourth-order valence-corrected chi connectivity index (χ4v) is 5.46. The Labute approximate surface area is 200 Å². The second kappa shape index (κ2) is 8.12. The number of pyridine rings is 1. The average Bonchev–Trinajstić information content (AvgIpc) is 2.86. The first-order chi connectivity index (χ1) is 16.6. The first kappa shape index (κ1) is 22.9. The molecule has 0 spiro atoms. The highest BCUT2D eigenvalue weighted by molar-refractivity contribution is 6.00. The van der Waals surface area contributed by atoms with E-state index in [2.05, 4.69) is 9.83 Å². The number of hydrogen-bond donors (Lipinski definition) is 0. The Morgan fingerprint density at radius 2 is 1.86 bits per heavy atom. The van der Waals surface area contributed by atoms with Crippen LogP contribution in [0.15, 0.2) is 60.6 Å². The zero-order valence-corrected chi connectivity index (χ0v) is 19.1. The number of nitrogens with zero attached hydrogens (tertiary/aromatic N) is 4. The Morgan fingerprint density at radius 1 is 1.11 bits per heavy atom. The molecule has 0 aliphatic heterocycles. The first-order valence-corrected chi connectivity index (χ1v) is 11.3. The number of benzene rings is 1. The molecule has 3 atom stereocenters. The molecule has 2 aromatic heterocycles. The molecule has 0 unspecified atom stereocenters. The largest absolute Gasteiger partial charge is 0.416 e. The van der Waals surface area contributed by atoms with Crippen LogP contribution in [-0.4, -0.2) is 20.7 Å². The Hall–Kier alpha value is -3.86. The molecule has 1 aromatic carbocycles. The first-order valence-electron chi connectivity index (χ1n) is 11.3. The summed E-state index contributed by atoms with van der Waals surface area (Å²) in [5.74, 6) is -0.253. The van der Waals surface area contributed by atoms with Gasteiger partial charge >= 0.3 is 6.18 Å². The van der Waals surface area contributed by atoms with Crippen molar-refractivity contribution >= 4 is 5.78 Å². The van der Waals surface area contributed by atoms with E-state index in [1.165, 1.54) is 6.07 Å². The second-order valence-corrected chi connectivity index (χ2v) is 9.26. The van der Waals surface area contributed by atoms with Gasteiger partial charge in [0.15, 0.2) is 11.6 Å². The second-order valence-electron chi connectivity index (χ2n) is 9.26. The number of Topliss-reactive ketones (excluding diaryl/α,β-unsaturated/α-hetero) is 1. The Bertz CT molecular complexity index is 1410. The van der Waals surface area contributed by atoms with Gasteiger partial charge in [-0.1, -0.05) is 32.1 Å². The lowest BCUT2D eigenvalue weighted by Crippen LogP contribution is -2.46. The van der Waals surface area contributed by atoms with Crippen LogP contribution in [0.2, 0.25) is 0 Å². The molecular weight excluding hydrogens is 453 g/mol. The van der Waals surface area contributed by atoms with E-state index in [-0.39, 0.29) is 23.3 Å². The summed E-state index contributed by atoms with van der Waals surface area (Å²) in [7, 11) is 0. The lowest BCUT2D eigenvalue weighted by Gasteiger charge is -2.46. The molecule has 0 N–H and O–H groups in total. The molecule has 176 valence electrons. The highest BCUT2D eigenvalue weighted by Gasteiger charge is 2.49. The molecule has 2 aliphatic rings. The smallest absolute Gasteiger partial charge is 0.308 e. The van der Waals surface area contributed by atoms with Crippen LogP contribution in [-0.2, 0) is 22.8 Å². The molecule has 0 radical (unpaired) electrons. The lowest BCUT2D eigenvalue weighted by atomic mass is 9.58. The fraction of sp³-hybridized carbons (Fsp3) is 0.296. The summed E-state index contributed by atoms with van der Waals surface area (Å²) in [5.41, 5.74) is 1.47. The van der Waals surface area contributed by atoms with E-state index in [4.69, 9.17) is 16.5 Å². The number of carbonyl (C=O) groups is 1. The molecule has 2 aliphatic carbocycles. The normalized spacial score (nSPS) is 23.7. The van der Waals surface area contributed by atoms with Crippen molar-refractivity contribution in [2.45, 2.75) is 38.3 Å². The predicted octanol–water partition coefficient (Wildman–Crippen LogP) is 6.07. The molecular formula is C27H21F3N4O. The van der Waals surface area contributed by atoms with Gasteiger partial charge in [0.25, 0.3) is 0 Å². The Morgan fingerprint density at radius 3 is 2.54 bits per heavy atom. The van der Waals surface area contributed by atoms with Gasteiger partial charge in [0, 0.05) is 40.4 Å². The minimum Gasteiger partial charge on any atom is -0.308 e. The number of ketones is 1. The maximum Gasteiger partial charge on any atom is 0.416 e. The minimum absolute atomic E-state index is 0.0776. The van der Waals surface area contributed by atoms with Crippen molar-refractivity contribution in [3.63, 3.8) is 0 Å². The van der Waals surface area contributed by atoms with Gasteiger partial charge in [-0.25, -0.2) is 14.8 Å². The highest BCUT2D eigenvalue weighted by atomic mass is 19.4. The van der Waals surface area contributed by atoms with E-state index >= 15 is 0 Å². The van der Waals surface area contributed by atoms with E-state index in [9.17, 15) is 18.0 Å². The number of fused-ring (bicyclic) bond motifs is 3. The highest BCUT2D eigenvalue weighted by Crippen LogP contribution is 2.51. The number of alkyl halides is 3. The maximum atomic E-state index is 13.5. The third kappa shape index (κ3) is 3.72. The molecule has 5 nitrogen and oxygen atoms in total. The van der Waals surface area contributed by atoms with Crippen LogP contribution in [0, 0.1) is 18.4 Å². The lowest BCUT2D eigenvalue weighted by molar-refractivity contribution is -0.137. The summed E-state index contributed by atoms with van der Waals surface area (Å²) in [4.78, 5) is 29.9. The SMILES string of the molecule is [C-]#[N+]C1=C[C@@]2(C)c3nc(-c4ccncc4)nc(-c4cccc(C(F)(F)F)c4)c3CC[C@@H]2[C@@H](C)C1=O. The molecule has 35 heavy (non-hydrogen) atoms. The van der Waals surface area contributed by atoms with Crippen LogP contribution in [0.25, 0.3) is 27.5 Å². The zero-order chi connectivity index (χ0) is 25.0. The summed E-state index contributed by atoms with van der Waals surface area (Å²) in [6.45, 7) is 11.3. The topological polar surface area (TPSA) is 60.1 Å². The number of carbonyl (C=O) groups excluding carboxylic acids is 1. The van der Waals surface area contributed by atoms with Crippen LogP contribution in [0.1, 0.15) is 37.1 Å². The van der Waals surface area contributed by atoms with Crippen molar-refractivity contribution in [2.75, 3.05) is 0 Å². The van der Waals surface area contributed by atoms with Gasteiger partial charge in [0.2, 0.25) is 5.70 Å². The van der Waals surface area contributed by atoms with E-state index in [1.54, 1.807) is 36.7 Å². The summed E-state index contributed by atoms with van der Waals surface area (Å²) in [6, 6.07) is 8.64. The van der Waals surface area contributed by atoms with Gasteiger partial charge in [-0.05, 0) is 43.0 Å². The van der Waals surface area contributed by atoms with Crippen LogP contribution in [0.5, 0.6) is 0 Å². The van der Waals surface area contributed by atoms with Gasteiger partial charge < -0.3 is 4.79 Å². The van der Waals surface area contributed by atoms with Crippen LogP contribution in [0.4, 0.5) is 13.2 Å². The van der Waals surface area contributed by atoms with Crippen molar-refractivity contribution in [1.29, 1.82) is 0 Å². The van der Waals surface area contributed by atoms with Crippen molar-refractivity contribution < 1.29 is 18.0 Å². The van der Waals surface area contributed by atoms with Crippen molar-refractivity contribution in [3.05, 3.63) is 88.8 Å². The summed E-state index contributed by atoms with van der Waals surface area (Å²) in [6.07, 6.45) is 1.58. The Kier molecular flexibility index (Phi) is 5.32. The van der Waals surface area contributed by atoms with Crippen molar-refractivity contribution in [2.24, 2.45) is 11.8 Å². The summed E-state index contributed by atoms with van der Waals surface area (Å²) < 4.78 is 40.5. The molecule has 3 aromatic rings. The molecule has 0 saturated heterocycles. The van der Waals surface area contributed by atoms with E-state index in [1.807, 2.05) is 13.8 Å².